The molecule has 0 aliphatic heterocycles. The van der Waals surface area contributed by atoms with Crippen molar-refractivity contribution in [2.24, 2.45) is 0 Å². The molecule has 0 unspecified atom stereocenters. The van der Waals surface area contributed by atoms with Crippen LogP contribution < -0.4 is 4.90 Å². The maximum atomic E-state index is 2.43. The lowest BCUT2D eigenvalue weighted by molar-refractivity contribution is 1.18. The van der Waals surface area contributed by atoms with Crippen molar-refractivity contribution in [1.82, 2.24) is 4.57 Å². The average Bonchev–Trinajstić information content (AvgIpc) is 3.62. The summed E-state index contributed by atoms with van der Waals surface area (Å²) < 4.78 is 2.43. The lowest BCUT2D eigenvalue weighted by atomic mass is 10.0. The zero-order chi connectivity index (χ0) is 37.3. The normalized spacial score (nSPS) is 11.2. The van der Waals surface area contributed by atoms with Gasteiger partial charge in [0.25, 0.3) is 0 Å². The molecule has 9 aromatic carbocycles. The molecular formula is C54H38N2. The van der Waals surface area contributed by atoms with Crippen LogP contribution in [0.15, 0.2) is 231 Å². The summed E-state index contributed by atoms with van der Waals surface area (Å²) in [5.41, 5.74) is 16.4. The van der Waals surface area contributed by atoms with Gasteiger partial charge in [0, 0.05) is 33.4 Å². The molecule has 0 spiro atoms. The minimum Gasteiger partial charge on any atom is -0.311 e. The van der Waals surface area contributed by atoms with Crippen LogP contribution in [-0.4, -0.2) is 4.57 Å². The molecule has 1 aromatic heterocycles. The second kappa shape index (κ2) is 14.4. The van der Waals surface area contributed by atoms with Gasteiger partial charge < -0.3 is 9.47 Å². The highest BCUT2D eigenvalue weighted by Crippen LogP contribution is 2.40. The van der Waals surface area contributed by atoms with Crippen LogP contribution in [0.4, 0.5) is 17.1 Å². The van der Waals surface area contributed by atoms with E-state index >= 15 is 0 Å². The average molecular weight is 715 g/mol. The number of hydrogen-bond donors (Lipinski definition) is 0. The first-order valence-electron chi connectivity index (χ1n) is 19.2. The van der Waals surface area contributed by atoms with E-state index in [2.05, 4.69) is 240 Å². The molecule has 0 radical (unpaired) electrons. The summed E-state index contributed by atoms with van der Waals surface area (Å²) in [5.74, 6) is 0. The minimum absolute atomic E-state index is 1.09. The molecule has 10 rings (SSSR count). The van der Waals surface area contributed by atoms with Gasteiger partial charge in [0.05, 0.1) is 16.7 Å². The molecule has 0 fully saturated rings. The summed E-state index contributed by atoms with van der Waals surface area (Å²) in [5, 5.41) is 2.50. The molecule has 0 N–H and O–H groups in total. The van der Waals surface area contributed by atoms with Crippen molar-refractivity contribution in [3.8, 4) is 50.2 Å². The van der Waals surface area contributed by atoms with E-state index in [-0.39, 0.29) is 0 Å². The van der Waals surface area contributed by atoms with E-state index in [0.717, 1.165) is 28.3 Å². The molecule has 2 nitrogen and oxygen atoms in total. The number of benzene rings is 9. The molecule has 0 aliphatic carbocycles. The summed E-state index contributed by atoms with van der Waals surface area (Å²) in [7, 11) is 0. The zero-order valence-corrected chi connectivity index (χ0v) is 30.8. The van der Waals surface area contributed by atoms with E-state index in [1.54, 1.807) is 0 Å². The molecule has 264 valence electrons. The Labute approximate surface area is 327 Å². The predicted molar refractivity (Wildman–Crippen MR) is 237 cm³/mol. The Bertz CT molecular complexity index is 2830. The van der Waals surface area contributed by atoms with Gasteiger partial charge in [-0.3, -0.25) is 0 Å². The van der Waals surface area contributed by atoms with E-state index < -0.39 is 0 Å². The number of rotatable bonds is 8. The first-order valence-corrected chi connectivity index (χ1v) is 19.2. The predicted octanol–water partition coefficient (Wildman–Crippen LogP) is 14.9. The summed E-state index contributed by atoms with van der Waals surface area (Å²) in [4.78, 5) is 2.34. The van der Waals surface area contributed by atoms with E-state index in [1.165, 1.54) is 60.8 Å². The maximum absolute atomic E-state index is 2.43. The van der Waals surface area contributed by atoms with Crippen LogP contribution in [0.1, 0.15) is 0 Å². The first kappa shape index (κ1) is 33.2. The maximum Gasteiger partial charge on any atom is 0.0541 e. The highest BCUT2D eigenvalue weighted by Gasteiger charge is 2.18. The summed E-state index contributed by atoms with van der Waals surface area (Å²) >= 11 is 0. The van der Waals surface area contributed by atoms with Crippen LogP contribution in [0, 0.1) is 0 Å². The third-order valence-corrected chi connectivity index (χ3v) is 10.8. The number of para-hydroxylation sites is 2. The fourth-order valence-corrected chi connectivity index (χ4v) is 8.06. The monoisotopic (exact) mass is 714 g/mol. The third-order valence-electron chi connectivity index (χ3n) is 10.8. The molecule has 2 heteroatoms. The van der Waals surface area contributed by atoms with Gasteiger partial charge in [0.1, 0.15) is 0 Å². The first-order chi connectivity index (χ1) is 27.8. The Morgan fingerprint density at radius 2 is 0.661 bits per heavy atom. The van der Waals surface area contributed by atoms with Crippen LogP contribution in [-0.2, 0) is 0 Å². The van der Waals surface area contributed by atoms with E-state index in [4.69, 9.17) is 0 Å². The second-order valence-corrected chi connectivity index (χ2v) is 14.2. The van der Waals surface area contributed by atoms with Crippen molar-refractivity contribution in [3.05, 3.63) is 231 Å². The summed E-state index contributed by atoms with van der Waals surface area (Å²) in [6, 6.07) is 83.0. The van der Waals surface area contributed by atoms with Crippen molar-refractivity contribution in [2.45, 2.75) is 0 Å². The number of anilines is 3. The van der Waals surface area contributed by atoms with Crippen LogP contribution in [0.5, 0.6) is 0 Å². The molecule has 0 atom stereocenters. The largest absolute Gasteiger partial charge is 0.311 e. The fourth-order valence-electron chi connectivity index (χ4n) is 8.06. The van der Waals surface area contributed by atoms with E-state index in [1.807, 2.05) is 0 Å². The second-order valence-electron chi connectivity index (χ2n) is 14.2. The van der Waals surface area contributed by atoms with Crippen molar-refractivity contribution in [3.63, 3.8) is 0 Å². The minimum atomic E-state index is 1.09. The van der Waals surface area contributed by atoms with Gasteiger partial charge in [-0.2, -0.15) is 0 Å². The number of aromatic nitrogens is 1. The standard InChI is InChI=1S/C54H38N2/c1-4-14-39(15-5-1)42-24-31-46(32-25-42)55(47-33-26-43(27-34-47)40-16-6-2-7-17-40)48-35-28-44(29-36-48)49-20-10-12-22-52(49)56-53-23-13-11-21-50(53)51-38-45(30-37-54(51)56)41-18-8-3-9-19-41/h1-38H. The van der Waals surface area contributed by atoms with Crippen molar-refractivity contribution in [1.29, 1.82) is 0 Å². The summed E-state index contributed by atoms with van der Waals surface area (Å²) in [6.07, 6.45) is 0. The van der Waals surface area contributed by atoms with Gasteiger partial charge in [-0.05, 0) is 99.6 Å². The molecule has 0 aliphatic rings. The molecule has 0 saturated heterocycles. The van der Waals surface area contributed by atoms with Crippen LogP contribution in [0.2, 0.25) is 0 Å². The molecule has 0 saturated carbocycles. The highest BCUT2D eigenvalue weighted by atomic mass is 15.1. The Balaban J connectivity index is 1.06. The van der Waals surface area contributed by atoms with E-state index in [0.29, 0.717) is 0 Å². The van der Waals surface area contributed by atoms with Gasteiger partial charge in [0.2, 0.25) is 0 Å². The topological polar surface area (TPSA) is 8.17 Å². The SMILES string of the molecule is c1ccc(-c2ccc(N(c3ccc(-c4ccccc4)cc3)c3ccc(-c4ccccc4-n4c5ccccc5c5cc(-c6ccccc6)ccc54)cc3)cc2)cc1. The van der Waals surface area contributed by atoms with Gasteiger partial charge in [-0.25, -0.2) is 0 Å². The van der Waals surface area contributed by atoms with Gasteiger partial charge >= 0.3 is 0 Å². The van der Waals surface area contributed by atoms with Crippen LogP contribution in [0.3, 0.4) is 0 Å². The molecule has 1 heterocycles. The van der Waals surface area contributed by atoms with Crippen LogP contribution in [0.25, 0.3) is 72.0 Å². The lowest BCUT2D eigenvalue weighted by Gasteiger charge is -2.26. The lowest BCUT2D eigenvalue weighted by Crippen LogP contribution is -2.09. The molecule has 0 bridgehead atoms. The Hall–Kier alpha value is -7.42. The molecule has 10 aromatic rings. The number of nitrogens with zero attached hydrogens (tertiary/aromatic N) is 2. The molecule has 0 amide bonds. The quantitative estimate of drug-likeness (QED) is 0.152. The zero-order valence-electron chi connectivity index (χ0n) is 30.8. The van der Waals surface area contributed by atoms with Crippen molar-refractivity contribution >= 4 is 38.9 Å². The fraction of sp³-hybridized carbons (Fsp3) is 0. The summed E-state index contributed by atoms with van der Waals surface area (Å²) in [6.45, 7) is 0. The molecule has 56 heavy (non-hydrogen) atoms. The number of hydrogen-bond acceptors (Lipinski definition) is 1. The van der Waals surface area contributed by atoms with Crippen molar-refractivity contribution < 1.29 is 0 Å². The Morgan fingerprint density at radius 1 is 0.268 bits per heavy atom. The van der Waals surface area contributed by atoms with Gasteiger partial charge in [-0.15, -0.1) is 0 Å². The Kier molecular flexibility index (Phi) is 8.55. The Morgan fingerprint density at radius 3 is 1.21 bits per heavy atom. The number of fused-ring (bicyclic) bond motifs is 3. The van der Waals surface area contributed by atoms with E-state index in [9.17, 15) is 0 Å². The van der Waals surface area contributed by atoms with Crippen molar-refractivity contribution in [2.75, 3.05) is 4.90 Å². The highest BCUT2D eigenvalue weighted by molar-refractivity contribution is 6.11. The smallest absolute Gasteiger partial charge is 0.0541 e. The van der Waals surface area contributed by atoms with Crippen LogP contribution >= 0.6 is 0 Å². The van der Waals surface area contributed by atoms with Gasteiger partial charge in [-0.1, -0.05) is 170 Å². The third kappa shape index (κ3) is 6.14. The van der Waals surface area contributed by atoms with Gasteiger partial charge in [0.15, 0.2) is 0 Å². The molecular weight excluding hydrogens is 677 g/mol.